The third-order valence-corrected chi connectivity index (χ3v) is 3.50. The van der Waals surface area contributed by atoms with Crippen LogP contribution < -0.4 is 4.74 Å². The molecule has 1 aromatic carbocycles. The summed E-state index contributed by atoms with van der Waals surface area (Å²) in [7, 11) is 1.60. The third kappa shape index (κ3) is 2.48. The number of rotatable bonds is 1. The van der Waals surface area contributed by atoms with Crippen LogP contribution in [0.2, 0.25) is 0 Å². The highest BCUT2D eigenvalue weighted by Gasteiger charge is 2.24. The zero-order chi connectivity index (χ0) is 11.8. The highest BCUT2D eigenvalue weighted by molar-refractivity contribution is 9.11. The maximum atomic E-state index is 9.73. The van der Waals surface area contributed by atoms with E-state index in [9.17, 15) is 5.11 Å². The molecule has 15 heavy (non-hydrogen) atoms. The first kappa shape index (κ1) is 12.8. The van der Waals surface area contributed by atoms with Crippen LogP contribution in [0.3, 0.4) is 0 Å². The van der Waals surface area contributed by atoms with Gasteiger partial charge in [-0.3, -0.25) is 0 Å². The summed E-state index contributed by atoms with van der Waals surface area (Å²) in [6.45, 7) is 6.29. The van der Waals surface area contributed by atoms with Crippen molar-refractivity contribution in [3.63, 3.8) is 0 Å². The summed E-state index contributed by atoms with van der Waals surface area (Å²) in [6.07, 6.45) is 0. The van der Waals surface area contributed by atoms with Crippen molar-refractivity contribution in [3.05, 3.63) is 20.6 Å². The molecule has 1 rings (SSSR count). The molecule has 4 heteroatoms. The lowest BCUT2D eigenvalue weighted by Gasteiger charge is -2.23. The molecule has 0 atom stereocenters. The lowest BCUT2D eigenvalue weighted by atomic mass is 9.86. The van der Waals surface area contributed by atoms with E-state index in [4.69, 9.17) is 4.74 Å². The van der Waals surface area contributed by atoms with E-state index in [2.05, 4.69) is 52.6 Å². The minimum absolute atomic E-state index is 0.0376. The highest BCUT2D eigenvalue weighted by atomic mass is 79.9. The minimum Gasteiger partial charge on any atom is -0.505 e. The Morgan fingerprint density at radius 1 is 1.27 bits per heavy atom. The first-order valence-corrected chi connectivity index (χ1v) is 6.13. The van der Waals surface area contributed by atoms with E-state index < -0.39 is 0 Å². The topological polar surface area (TPSA) is 29.5 Å². The van der Waals surface area contributed by atoms with E-state index in [1.54, 1.807) is 7.11 Å². The Morgan fingerprint density at radius 3 is 2.20 bits per heavy atom. The number of hydrogen-bond acceptors (Lipinski definition) is 2. The molecule has 1 N–H and O–H groups in total. The SMILES string of the molecule is COc1c(C(C)(C)C)cc(Br)c(O)c1Br. The molecule has 0 aliphatic heterocycles. The van der Waals surface area contributed by atoms with Crippen molar-refractivity contribution in [1.82, 2.24) is 0 Å². The second-order valence-electron chi connectivity index (χ2n) is 4.35. The summed E-state index contributed by atoms with van der Waals surface area (Å²) < 4.78 is 6.56. The van der Waals surface area contributed by atoms with Gasteiger partial charge < -0.3 is 9.84 Å². The highest BCUT2D eigenvalue weighted by Crippen LogP contribution is 2.45. The van der Waals surface area contributed by atoms with Crippen LogP contribution in [0.1, 0.15) is 26.3 Å². The molecule has 0 amide bonds. The molecule has 84 valence electrons. The predicted octanol–water partition coefficient (Wildman–Crippen LogP) is 4.22. The standard InChI is InChI=1S/C11H14Br2O2/c1-11(2,3)6-5-7(12)9(14)8(13)10(6)15-4/h5,14H,1-4H3. The van der Waals surface area contributed by atoms with Crippen LogP contribution in [-0.2, 0) is 5.41 Å². The number of phenolic OH excluding ortho intramolecular Hbond substituents is 1. The van der Waals surface area contributed by atoms with Gasteiger partial charge in [-0.05, 0) is 43.3 Å². The first-order valence-electron chi connectivity index (χ1n) is 4.54. The molecule has 0 bridgehead atoms. The Labute approximate surface area is 107 Å². The van der Waals surface area contributed by atoms with E-state index in [-0.39, 0.29) is 11.2 Å². The lowest BCUT2D eigenvalue weighted by molar-refractivity contribution is 0.386. The molecule has 1 aromatic rings. The van der Waals surface area contributed by atoms with Crippen LogP contribution in [0.25, 0.3) is 0 Å². The average molecular weight is 338 g/mol. The van der Waals surface area contributed by atoms with Crippen molar-refractivity contribution >= 4 is 31.9 Å². The van der Waals surface area contributed by atoms with Gasteiger partial charge in [-0.15, -0.1) is 0 Å². The van der Waals surface area contributed by atoms with Gasteiger partial charge in [0, 0.05) is 5.56 Å². The van der Waals surface area contributed by atoms with Gasteiger partial charge in [0.1, 0.15) is 16.0 Å². The van der Waals surface area contributed by atoms with Crippen molar-refractivity contribution in [2.75, 3.05) is 7.11 Å². The van der Waals surface area contributed by atoms with E-state index in [1.807, 2.05) is 6.07 Å². The first-order chi connectivity index (χ1) is 6.79. The zero-order valence-electron chi connectivity index (χ0n) is 9.19. The smallest absolute Gasteiger partial charge is 0.147 e. The third-order valence-electron chi connectivity index (χ3n) is 2.16. The molecule has 0 aliphatic carbocycles. The van der Waals surface area contributed by atoms with Crippen LogP contribution >= 0.6 is 31.9 Å². The fourth-order valence-electron chi connectivity index (χ4n) is 1.35. The van der Waals surface area contributed by atoms with Crippen molar-refractivity contribution in [1.29, 1.82) is 0 Å². The number of benzene rings is 1. The number of ether oxygens (including phenoxy) is 1. The molecule has 0 saturated carbocycles. The molecule has 0 unspecified atom stereocenters. The predicted molar refractivity (Wildman–Crippen MR) is 68.8 cm³/mol. The lowest BCUT2D eigenvalue weighted by Crippen LogP contribution is -2.13. The molecular formula is C11H14Br2O2. The van der Waals surface area contributed by atoms with Crippen LogP contribution in [0.15, 0.2) is 15.0 Å². The molecular weight excluding hydrogens is 324 g/mol. The Morgan fingerprint density at radius 2 is 1.80 bits per heavy atom. The molecule has 2 nitrogen and oxygen atoms in total. The van der Waals surface area contributed by atoms with E-state index >= 15 is 0 Å². The van der Waals surface area contributed by atoms with Gasteiger partial charge in [-0.1, -0.05) is 20.8 Å². The molecule has 0 spiro atoms. The average Bonchev–Trinajstić information content (AvgIpc) is 2.12. The van der Waals surface area contributed by atoms with Gasteiger partial charge in [0.05, 0.1) is 11.6 Å². The minimum atomic E-state index is -0.0376. The van der Waals surface area contributed by atoms with Gasteiger partial charge in [-0.25, -0.2) is 0 Å². The van der Waals surface area contributed by atoms with Gasteiger partial charge in [-0.2, -0.15) is 0 Å². The summed E-state index contributed by atoms with van der Waals surface area (Å²) >= 11 is 6.65. The van der Waals surface area contributed by atoms with Crippen molar-refractivity contribution in [3.8, 4) is 11.5 Å². The normalized spacial score (nSPS) is 11.6. The molecule has 0 radical (unpaired) electrons. The largest absolute Gasteiger partial charge is 0.505 e. The van der Waals surface area contributed by atoms with Crippen LogP contribution in [0.5, 0.6) is 11.5 Å². The second-order valence-corrected chi connectivity index (χ2v) is 6.00. The summed E-state index contributed by atoms with van der Waals surface area (Å²) in [6, 6.07) is 1.89. The number of methoxy groups -OCH3 is 1. The summed E-state index contributed by atoms with van der Waals surface area (Å²) in [5.74, 6) is 0.850. The number of aromatic hydroxyl groups is 1. The van der Waals surface area contributed by atoms with Crippen molar-refractivity contribution < 1.29 is 9.84 Å². The monoisotopic (exact) mass is 336 g/mol. The molecule has 0 aliphatic rings. The summed E-state index contributed by atoms with van der Waals surface area (Å²) in [4.78, 5) is 0. The summed E-state index contributed by atoms with van der Waals surface area (Å²) in [5.41, 5.74) is 1.01. The number of hydrogen-bond donors (Lipinski definition) is 1. The number of phenols is 1. The maximum absolute atomic E-state index is 9.73. The Bertz CT molecular complexity index is 381. The van der Waals surface area contributed by atoms with Gasteiger partial charge in [0.2, 0.25) is 0 Å². The Kier molecular flexibility index (Phi) is 3.71. The van der Waals surface area contributed by atoms with Gasteiger partial charge in [0.15, 0.2) is 0 Å². The van der Waals surface area contributed by atoms with Crippen LogP contribution in [0.4, 0.5) is 0 Å². The molecule has 0 aromatic heterocycles. The Hall–Kier alpha value is -0.220. The van der Waals surface area contributed by atoms with E-state index in [1.165, 1.54) is 0 Å². The van der Waals surface area contributed by atoms with E-state index in [0.717, 1.165) is 5.56 Å². The zero-order valence-corrected chi connectivity index (χ0v) is 12.4. The number of halogens is 2. The molecule has 0 heterocycles. The van der Waals surface area contributed by atoms with Crippen LogP contribution in [0, 0.1) is 0 Å². The molecule has 0 fully saturated rings. The van der Waals surface area contributed by atoms with E-state index in [0.29, 0.717) is 14.7 Å². The van der Waals surface area contributed by atoms with Crippen LogP contribution in [-0.4, -0.2) is 12.2 Å². The fraction of sp³-hybridized carbons (Fsp3) is 0.455. The summed E-state index contributed by atoms with van der Waals surface area (Å²) in [5, 5.41) is 9.73. The van der Waals surface area contributed by atoms with Crippen molar-refractivity contribution in [2.45, 2.75) is 26.2 Å². The van der Waals surface area contributed by atoms with Gasteiger partial charge >= 0.3 is 0 Å². The van der Waals surface area contributed by atoms with Gasteiger partial charge in [0.25, 0.3) is 0 Å². The molecule has 0 saturated heterocycles. The second kappa shape index (κ2) is 4.34. The fourth-order valence-corrected chi connectivity index (χ4v) is 2.63. The Balaban J connectivity index is 3.53. The van der Waals surface area contributed by atoms with Crippen molar-refractivity contribution in [2.24, 2.45) is 0 Å². The quantitative estimate of drug-likeness (QED) is 0.831. The maximum Gasteiger partial charge on any atom is 0.147 e.